The maximum absolute atomic E-state index is 12.8. The van der Waals surface area contributed by atoms with Gasteiger partial charge in [0.05, 0.1) is 19.4 Å². The Hall–Kier alpha value is -1.65. The van der Waals surface area contributed by atoms with Crippen LogP contribution in [0.3, 0.4) is 0 Å². The Balaban J connectivity index is 1.87. The number of fused-ring (bicyclic) bond motifs is 1. The van der Waals surface area contributed by atoms with Crippen LogP contribution in [-0.4, -0.2) is 36.4 Å². The quantitative estimate of drug-likeness (QED) is 0.0565. The lowest BCUT2D eigenvalue weighted by Gasteiger charge is -2.38. The molecule has 1 aliphatic rings. The highest BCUT2D eigenvalue weighted by molar-refractivity contribution is 7.31. The topological polar surface area (TPSA) is 71.1 Å². The van der Waals surface area contributed by atoms with Crippen LogP contribution in [0.5, 0.6) is 11.5 Å². The number of carbonyl (C=O) groups excluding carboxylic acids is 2. The van der Waals surface area contributed by atoms with Gasteiger partial charge in [0, 0.05) is 20.8 Å². The average Bonchev–Trinajstić information content (AvgIpc) is 2.96. The summed E-state index contributed by atoms with van der Waals surface area (Å²) in [5, 5.41) is 0. The van der Waals surface area contributed by atoms with Crippen LogP contribution in [-0.2, 0) is 25.3 Å². The largest absolute Gasteiger partial charge is 0.487 e. The molecule has 0 saturated carbocycles. The average molecular weight is 663 g/mol. The van der Waals surface area contributed by atoms with Crippen molar-refractivity contribution in [1.82, 2.24) is 0 Å². The standard InChI is InChI=1S/C39H67O6P/c1-27(2)15-12-16-28(3)17-13-18-29(4)19-14-23-39(10)24-22-33-32(7)36(30(5)31(6)37(33)45-39)43-34(40)20-21-35(41)44-38(8,9)25-26-42-46-11/h27-29,46H,12-26H2,1-11H3/t28-,29-,39-/m1/s1. The Morgan fingerprint density at radius 3 is 2.07 bits per heavy atom. The summed E-state index contributed by atoms with van der Waals surface area (Å²) >= 11 is 0. The fourth-order valence-electron chi connectivity index (χ4n) is 6.59. The zero-order valence-electron chi connectivity index (χ0n) is 31.3. The molecular formula is C39H67O6P. The van der Waals surface area contributed by atoms with Crippen molar-refractivity contribution in [3.63, 3.8) is 0 Å². The van der Waals surface area contributed by atoms with Crippen molar-refractivity contribution in [2.45, 2.75) is 170 Å². The van der Waals surface area contributed by atoms with Crippen LogP contribution in [0.15, 0.2) is 0 Å². The zero-order valence-corrected chi connectivity index (χ0v) is 32.3. The van der Waals surface area contributed by atoms with E-state index >= 15 is 0 Å². The van der Waals surface area contributed by atoms with Gasteiger partial charge in [-0.05, 0) is 108 Å². The fraction of sp³-hybridized carbons (Fsp3) is 0.795. The molecule has 4 atom stereocenters. The summed E-state index contributed by atoms with van der Waals surface area (Å²) in [4.78, 5) is 25.3. The lowest BCUT2D eigenvalue weighted by Crippen LogP contribution is -2.37. The third-order valence-corrected chi connectivity index (χ3v) is 10.4. The molecule has 6 nitrogen and oxygen atoms in total. The molecule has 0 amide bonds. The number of rotatable bonds is 21. The van der Waals surface area contributed by atoms with Gasteiger partial charge >= 0.3 is 11.9 Å². The Morgan fingerprint density at radius 2 is 1.46 bits per heavy atom. The predicted octanol–water partition coefficient (Wildman–Crippen LogP) is 10.8. The van der Waals surface area contributed by atoms with E-state index in [2.05, 4.69) is 41.5 Å². The van der Waals surface area contributed by atoms with Crippen molar-refractivity contribution < 1.29 is 28.3 Å². The van der Waals surface area contributed by atoms with Crippen molar-refractivity contribution in [1.29, 1.82) is 0 Å². The molecule has 0 fully saturated rings. The molecule has 264 valence electrons. The van der Waals surface area contributed by atoms with E-state index in [1.807, 2.05) is 34.4 Å². The van der Waals surface area contributed by atoms with Gasteiger partial charge in [0.1, 0.15) is 22.7 Å². The second-order valence-electron chi connectivity index (χ2n) is 15.4. The third kappa shape index (κ3) is 13.8. The van der Waals surface area contributed by atoms with Gasteiger partial charge in [0.25, 0.3) is 0 Å². The predicted molar refractivity (Wildman–Crippen MR) is 193 cm³/mol. The molecule has 1 heterocycles. The van der Waals surface area contributed by atoms with Crippen LogP contribution in [0.25, 0.3) is 0 Å². The van der Waals surface area contributed by atoms with Gasteiger partial charge in [-0.1, -0.05) is 72.6 Å². The zero-order chi connectivity index (χ0) is 34.5. The van der Waals surface area contributed by atoms with E-state index in [1.54, 1.807) is 0 Å². The second-order valence-corrected chi connectivity index (χ2v) is 16.1. The Labute approximate surface area is 283 Å². The number of hydrogen-bond acceptors (Lipinski definition) is 6. The summed E-state index contributed by atoms with van der Waals surface area (Å²) in [6.07, 6.45) is 14.0. The smallest absolute Gasteiger partial charge is 0.311 e. The Bertz CT molecular complexity index is 1110. The van der Waals surface area contributed by atoms with Gasteiger partial charge in [0.15, 0.2) is 0 Å². The summed E-state index contributed by atoms with van der Waals surface area (Å²) in [5.74, 6) is 3.15. The van der Waals surface area contributed by atoms with Crippen LogP contribution in [0.2, 0.25) is 0 Å². The van der Waals surface area contributed by atoms with Gasteiger partial charge in [-0.25, -0.2) is 0 Å². The lowest BCUT2D eigenvalue weighted by atomic mass is 9.83. The van der Waals surface area contributed by atoms with Gasteiger partial charge < -0.3 is 18.7 Å². The third-order valence-electron chi connectivity index (χ3n) is 9.93. The number of esters is 2. The van der Waals surface area contributed by atoms with Crippen LogP contribution < -0.4 is 9.47 Å². The number of benzene rings is 1. The molecule has 0 radical (unpaired) electrons. The van der Waals surface area contributed by atoms with Crippen LogP contribution in [0, 0.1) is 38.5 Å². The molecule has 1 unspecified atom stereocenters. The van der Waals surface area contributed by atoms with E-state index in [1.165, 1.54) is 51.4 Å². The van der Waals surface area contributed by atoms with Gasteiger partial charge in [-0.15, -0.1) is 0 Å². The number of carbonyl (C=O) groups is 2. The second kappa shape index (κ2) is 19.4. The van der Waals surface area contributed by atoms with E-state index < -0.39 is 17.5 Å². The molecule has 1 aromatic rings. The molecule has 0 spiro atoms. The summed E-state index contributed by atoms with van der Waals surface area (Å²) in [7, 11) is 0.405. The lowest BCUT2D eigenvalue weighted by molar-refractivity contribution is -0.159. The van der Waals surface area contributed by atoms with E-state index in [9.17, 15) is 9.59 Å². The summed E-state index contributed by atoms with van der Waals surface area (Å²) in [6, 6.07) is 0. The number of hydrogen-bond donors (Lipinski definition) is 0. The molecular weight excluding hydrogens is 595 g/mol. The first-order valence-corrected chi connectivity index (χ1v) is 19.5. The first kappa shape index (κ1) is 40.5. The van der Waals surface area contributed by atoms with Crippen molar-refractivity contribution in [2.24, 2.45) is 17.8 Å². The van der Waals surface area contributed by atoms with Crippen LogP contribution in [0.4, 0.5) is 0 Å². The maximum Gasteiger partial charge on any atom is 0.311 e. The highest BCUT2D eigenvalue weighted by atomic mass is 31.1. The normalized spacial score (nSPS) is 18.0. The van der Waals surface area contributed by atoms with Crippen LogP contribution >= 0.6 is 8.81 Å². The highest BCUT2D eigenvalue weighted by Gasteiger charge is 2.35. The molecule has 1 aliphatic heterocycles. The van der Waals surface area contributed by atoms with Gasteiger partial charge in [-0.2, -0.15) is 0 Å². The Kier molecular flexibility index (Phi) is 17.1. The fourth-order valence-corrected chi connectivity index (χ4v) is 6.90. The number of ether oxygens (including phenoxy) is 3. The van der Waals surface area contributed by atoms with E-state index in [4.69, 9.17) is 18.7 Å². The monoisotopic (exact) mass is 662 g/mol. The van der Waals surface area contributed by atoms with Crippen molar-refractivity contribution in [2.75, 3.05) is 13.3 Å². The Morgan fingerprint density at radius 1 is 0.870 bits per heavy atom. The molecule has 0 N–H and O–H groups in total. The van der Waals surface area contributed by atoms with E-state index in [-0.39, 0.29) is 18.4 Å². The first-order chi connectivity index (χ1) is 21.6. The SMILES string of the molecule is CPOCCC(C)(C)OC(=O)CCC(=O)Oc1c(C)c(C)c2c(c1C)CC[C@@](C)(CCC[C@H](C)CCC[C@H](C)CCCC(C)C)O2. The molecule has 0 aliphatic carbocycles. The molecule has 46 heavy (non-hydrogen) atoms. The first-order valence-electron chi connectivity index (χ1n) is 18.1. The maximum atomic E-state index is 12.8. The highest BCUT2D eigenvalue weighted by Crippen LogP contribution is 2.45. The minimum absolute atomic E-state index is 0.0156. The van der Waals surface area contributed by atoms with E-state index in [0.717, 1.165) is 65.0 Å². The molecule has 7 heteroatoms. The van der Waals surface area contributed by atoms with Gasteiger partial charge in [-0.3, -0.25) is 9.59 Å². The minimum atomic E-state index is -0.638. The summed E-state index contributed by atoms with van der Waals surface area (Å²) in [6.45, 7) is 24.0. The van der Waals surface area contributed by atoms with Crippen molar-refractivity contribution >= 4 is 20.7 Å². The molecule has 1 aromatic carbocycles. The van der Waals surface area contributed by atoms with E-state index in [0.29, 0.717) is 27.6 Å². The summed E-state index contributed by atoms with van der Waals surface area (Å²) in [5.41, 5.74) is 3.22. The van der Waals surface area contributed by atoms with Crippen molar-refractivity contribution in [3.05, 3.63) is 22.3 Å². The van der Waals surface area contributed by atoms with Crippen LogP contribution in [0.1, 0.15) is 154 Å². The molecule has 0 saturated heterocycles. The minimum Gasteiger partial charge on any atom is -0.487 e. The molecule has 0 bridgehead atoms. The molecule has 2 rings (SSSR count). The summed E-state index contributed by atoms with van der Waals surface area (Å²) < 4.78 is 23.6. The van der Waals surface area contributed by atoms with Crippen molar-refractivity contribution in [3.8, 4) is 11.5 Å². The van der Waals surface area contributed by atoms with Gasteiger partial charge in [0.2, 0.25) is 0 Å². The molecule has 0 aromatic heterocycles.